The zero-order valence-electron chi connectivity index (χ0n) is 16.8. The Morgan fingerprint density at radius 1 is 1.14 bits per heavy atom. The highest BCUT2D eigenvalue weighted by atomic mass is 16.5. The molecular weight excluding hydrogens is 352 g/mol. The van der Waals surface area contributed by atoms with E-state index in [-0.39, 0.29) is 11.9 Å². The molecule has 0 fully saturated rings. The van der Waals surface area contributed by atoms with Gasteiger partial charge >= 0.3 is 0 Å². The SMILES string of the molecule is COc1ccc(/C=C/C(=O)NCC(C)N2CCc3ccccc3C2)cc1OC. The highest BCUT2D eigenvalue weighted by Gasteiger charge is 2.20. The lowest BCUT2D eigenvalue weighted by atomic mass is 9.99. The number of nitrogens with one attached hydrogen (secondary N) is 1. The van der Waals surface area contributed by atoms with Crippen LogP contribution in [0.15, 0.2) is 48.5 Å². The molecule has 0 aliphatic carbocycles. The Balaban J connectivity index is 1.51. The summed E-state index contributed by atoms with van der Waals surface area (Å²) in [4.78, 5) is 14.6. The Hall–Kier alpha value is -2.79. The predicted octanol–water partition coefficient (Wildman–Crippen LogP) is 3.28. The van der Waals surface area contributed by atoms with Gasteiger partial charge in [-0.15, -0.1) is 0 Å². The molecule has 1 aliphatic heterocycles. The lowest BCUT2D eigenvalue weighted by molar-refractivity contribution is -0.116. The van der Waals surface area contributed by atoms with Crippen molar-refractivity contribution in [3.63, 3.8) is 0 Å². The Morgan fingerprint density at radius 2 is 1.89 bits per heavy atom. The summed E-state index contributed by atoms with van der Waals surface area (Å²) < 4.78 is 10.5. The summed E-state index contributed by atoms with van der Waals surface area (Å²) in [6, 6.07) is 14.4. The largest absolute Gasteiger partial charge is 0.493 e. The molecule has 5 heteroatoms. The van der Waals surface area contributed by atoms with E-state index in [4.69, 9.17) is 9.47 Å². The fraction of sp³-hybridized carbons (Fsp3) is 0.348. The zero-order chi connectivity index (χ0) is 19.9. The van der Waals surface area contributed by atoms with E-state index in [2.05, 4.69) is 41.4 Å². The van der Waals surface area contributed by atoms with Crippen LogP contribution in [0.1, 0.15) is 23.6 Å². The third-order valence-corrected chi connectivity index (χ3v) is 5.19. The molecule has 1 atom stereocenters. The van der Waals surface area contributed by atoms with Crippen LogP contribution in [0.3, 0.4) is 0 Å². The van der Waals surface area contributed by atoms with Crippen molar-refractivity contribution < 1.29 is 14.3 Å². The Labute approximate surface area is 167 Å². The maximum absolute atomic E-state index is 12.2. The molecule has 2 aromatic rings. The molecule has 0 saturated heterocycles. The van der Waals surface area contributed by atoms with Crippen molar-refractivity contribution >= 4 is 12.0 Å². The van der Waals surface area contributed by atoms with Gasteiger partial charge in [0.15, 0.2) is 11.5 Å². The number of ether oxygens (including phenoxy) is 2. The van der Waals surface area contributed by atoms with Crippen LogP contribution >= 0.6 is 0 Å². The van der Waals surface area contributed by atoms with Crippen molar-refractivity contribution in [3.05, 3.63) is 65.2 Å². The molecular formula is C23H28N2O3. The molecule has 1 amide bonds. The molecule has 1 unspecified atom stereocenters. The summed E-state index contributed by atoms with van der Waals surface area (Å²) in [5, 5.41) is 3.00. The number of nitrogens with zero attached hydrogens (tertiary/aromatic N) is 1. The number of fused-ring (bicyclic) bond motifs is 1. The molecule has 0 radical (unpaired) electrons. The molecule has 28 heavy (non-hydrogen) atoms. The standard InChI is InChI=1S/C23H28N2O3/c1-17(25-13-12-19-6-4-5-7-20(19)16-25)15-24-23(26)11-9-18-8-10-21(27-2)22(14-18)28-3/h4-11,14,17H,12-13,15-16H2,1-3H3,(H,24,26)/b11-9+. The monoisotopic (exact) mass is 380 g/mol. The first kappa shape index (κ1) is 20.0. The average molecular weight is 380 g/mol. The fourth-order valence-corrected chi connectivity index (χ4v) is 3.46. The van der Waals surface area contributed by atoms with E-state index in [1.54, 1.807) is 26.4 Å². The number of hydrogen-bond acceptors (Lipinski definition) is 4. The van der Waals surface area contributed by atoms with Gasteiger partial charge in [0.25, 0.3) is 0 Å². The molecule has 2 aromatic carbocycles. The van der Waals surface area contributed by atoms with Crippen LogP contribution in [0.4, 0.5) is 0 Å². The van der Waals surface area contributed by atoms with Gasteiger partial charge in [-0.1, -0.05) is 30.3 Å². The predicted molar refractivity (Wildman–Crippen MR) is 112 cm³/mol. The second-order valence-electron chi connectivity index (χ2n) is 7.03. The van der Waals surface area contributed by atoms with Crippen LogP contribution in [0, 0.1) is 0 Å². The number of methoxy groups -OCH3 is 2. The highest BCUT2D eigenvalue weighted by Crippen LogP contribution is 2.28. The molecule has 0 saturated carbocycles. The van der Waals surface area contributed by atoms with Gasteiger partial charge in [0.2, 0.25) is 5.91 Å². The third-order valence-electron chi connectivity index (χ3n) is 5.19. The van der Waals surface area contributed by atoms with Gasteiger partial charge in [0, 0.05) is 31.8 Å². The highest BCUT2D eigenvalue weighted by molar-refractivity contribution is 5.91. The molecule has 0 aromatic heterocycles. The van der Waals surface area contributed by atoms with Gasteiger partial charge in [0.05, 0.1) is 14.2 Å². The molecule has 5 nitrogen and oxygen atoms in total. The summed E-state index contributed by atoms with van der Waals surface area (Å²) >= 11 is 0. The number of rotatable bonds is 7. The summed E-state index contributed by atoms with van der Waals surface area (Å²) in [5.74, 6) is 1.21. The van der Waals surface area contributed by atoms with Gasteiger partial charge in [-0.05, 0) is 48.2 Å². The normalized spacial score (nSPS) is 15.1. The second-order valence-corrected chi connectivity index (χ2v) is 7.03. The molecule has 0 bridgehead atoms. The average Bonchev–Trinajstić information content (AvgIpc) is 2.75. The van der Waals surface area contributed by atoms with Gasteiger partial charge < -0.3 is 14.8 Å². The number of amides is 1. The molecule has 1 heterocycles. The quantitative estimate of drug-likeness (QED) is 0.749. The van der Waals surface area contributed by atoms with Crippen LogP contribution in [0.5, 0.6) is 11.5 Å². The van der Waals surface area contributed by atoms with E-state index < -0.39 is 0 Å². The minimum absolute atomic E-state index is 0.0981. The summed E-state index contributed by atoms with van der Waals surface area (Å²) in [7, 11) is 3.20. The van der Waals surface area contributed by atoms with Crippen molar-refractivity contribution in [2.75, 3.05) is 27.3 Å². The van der Waals surface area contributed by atoms with Crippen molar-refractivity contribution in [1.29, 1.82) is 0 Å². The van der Waals surface area contributed by atoms with Gasteiger partial charge in [-0.3, -0.25) is 9.69 Å². The molecule has 0 spiro atoms. The van der Waals surface area contributed by atoms with Crippen LogP contribution in [0.2, 0.25) is 0 Å². The second kappa shape index (κ2) is 9.42. The first-order valence-corrected chi connectivity index (χ1v) is 9.59. The summed E-state index contributed by atoms with van der Waals surface area (Å²) in [6.45, 7) is 4.74. The molecule has 1 aliphatic rings. The van der Waals surface area contributed by atoms with Crippen molar-refractivity contribution in [3.8, 4) is 11.5 Å². The Kier molecular flexibility index (Phi) is 6.71. The molecule has 3 rings (SSSR count). The number of benzene rings is 2. The number of carbonyl (C=O) groups is 1. The van der Waals surface area contributed by atoms with E-state index in [1.807, 2.05) is 18.2 Å². The van der Waals surface area contributed by atoms with Crippen LogP contribution in [-0.4, -0.2) is 44.2 Å². The topological polar surface area (TPSA) is 50.8 Å². The lowest BCUT2D eigenvalue weighted by Crippen LogP contribution is -2.44. The fourth-order valence-electron chi connectivity index (χ4n) is 3.46. The van der Waals surface area contributed by atoms with E-state index in [1.165, 1.54) is 11.1 Å². The third kappa shape index (κ3) is 4.93. The van der Waals surface area contributed by atoms with Crippen molar-refractivity contribution in [2.24, 2.45) is 0 Å². The van der Waals surface area contributed by atoms with Gasteiger partial charge in [-0.25, -0.2) is 0 Å². The van der Waals surface area contributed by atoms with E-state index >= 15 is 0 Å². The van der Waals surface area contributed by atoms with E-state index in [0.717, 1.165) is 25.1 Å². The number of hydrogen-bond donors (Lipinski definition) is 1. The maximum atomic E-state index is 12.2. The summed E-state index contributed by atoms with van der Waals surface area (Å²) in [5.41, 5.74) is 3.71. The molecule has 148 valence electrons. The first-order chi connectivity index (χ1) is 13.6. The molecule has 1 N–H and O–H groups in total. The van der Waals surface area contributed by atoms with E-state index in [0.29, 0.717) is 18.0 Å². The number of carbonyl (C=O) groups excluding carboxylic acids is 1. The Morgan fingerprint density at radius 3 is 2.64 bits per heavy atom. The van der Waals surface area contributed by atoms with Gasteiger partial charge in [0.1, 0.15) is 0 Å². The minimum atomic E-state index is -0.0981. The van der Waals surface area contributed by atoms with E-state index in [9.17, 15) is 4.79 Å². The first-order valence-electron chi connectivity index (χ1n) is 9.59. The van der Waals surface area contributed by atoms with Crippen LogP contribution in [-0.2, 0) is 17.8 Å². The van der Waals surface area contributed by atoms with Crippen molar-refractivity contribution in [1.82, 2.24) is 10.2 Å². The minimum Gasteiger partial charge on any atom is -0.493 e. The smallest absolute Gasteiger partial charge is 0.244 e. The van der Waals surface area contributed by atoms with Gasteiger partial charge in [-0.2, -0.15) is 0 Å². The summed E-state index contributed by atoms with van der Waals surface area (Å²) in [6.07, 6.45) is 4.40. The van der Waals surface area contributed by atoms with Crippen LogP contribution in [0.25, 0.3) is 6.08 Å². The van der Waals surface area contributed by atoms with Crippen molar-refractivity contribution in [2.45, 2.75) is 25.9 Å². The van der Waals surface area contributed by atoms with Crippen LogP contribution < -0.4 is 14.8 Å². The zero-order valence-corrected chi connectivity index (χ0v) is 16.8. The Bertz CT molecular complexity index is 847. The lowest BCUT2D eigenvalue weighted by Gasteiger charge is -2.33. The maximum Gasteiger partial charge on any atom is 0.244 e.